The number of likely N-dealkylation sites (tertiary alicyclic amines) is 1. The van der Waals surface area contributed by atoms with E-state index in [1.54, 1.807) is 11.1 Å². The monoisotopic (exact) mass is 439 g/mol. The summed E-state index contributed by atoms with van der Waals surface area (Å²) >= 11 is 6.06. The molecule has 1 amide bonds. The number of amides is 1. The number of aliphatic hydroxyl groups is 1. The first-order valence-electron chi connectivity index (χ1n) is 10.5. The number of H-pyrrole nitrogens is 1. The molecule has 1 unspecified atom stereocenters. The number of benzene rings is 1. The first-order chi connectivity index (χ1) is 15.0. The van der Waals surface area contributed by atoms with Crippen molar-refractivity contribution in [1.82, 2.24) is 25.1 Å². The van der Waals surface area contributed by atoms with Gasteiger partial charge in [0.25, 0.3) is 5.91 Å². The number of carbonyl (C=O) groups is 1. The van der Waals surface area contributed by atoms with E-state index in [0.717, 1.165) is 41.1 Å². The zero-order valence-electron chi connectivity index (χ0n) is 17.6. The van der Waals surface area contributed by atoms with Crippen LogP contribution in [-0.2, 0) is 4.79 Å². The minimum Gasteiger partial charge on any atom is -0.383 e. The Balaban J connectivity index is 1.62. The molecule has 1 fully saturated rings. The first kappa shape index (κ1) is 21.5. The Labute approximate surface area is 186 Å². The van der Waals surface area contributed by atoms with Gasteiger partial charge in [-0.1, -0.05) is 37.6 Å². The van der Waals surface area contributed by atoms with Crippen LogP contribution in [0.15, 0.2) is 42.9 Å². The molecule has 8 heteroatoms. The predicted molar refractivity (Wildman–Crippen MR) is 119 cm³/mol. The average Bonchev–Trinajstić information content (AvgIpc) is 3.24. The maximum atomic E-state index is 12.5. The Morgan fingerprint density at radius 2 is 1.90 bits per heavy atom. The van der Waals surface area contributed by atoms with Crippen molar-refractivity contribution in [3.8, 4) is 22.5 Å². The van der Waals surface area contributed by atoms with Crippen LogP contribution in [0.25, 0.3) is 22.5 Å². The van der Waals surface area contributed by atoms with Crippen LogP contribution in [0.2, 0.25) is 5.02 Å². The van der Waals surface area contributed by atoms with Gasteiger partial charge in [0, 0.05) is 47.0 Å². The molecule has 2 aromatic heterocycles. The second-order valence-electron chi connectivity index (χ2n) is 8.25. The van der Waals surface area contributed by atoms with Gasteiger partial charge >= 0.3 is 0 Å². The molecule has 162 valence electrons. The van der Waals surface area contributed by atoms with Crippen molar-refractivity contribution in [2.75, 3.05) is 13.1 Å². The van der Waals surface area contributed by atoms with Crippen LogP contribution in [0.1, 0.15) is 38.3 Å². The van der Waals surface area contributed by atoms with E-state index in [4.69, 9.17) is 11.6 Å². The summed E-state index contributed by atoms with van der Waals surface area (Å²) in [6, 6.07) is 9.47. The van der Waals surface area contributed by atoms with Crippen molar-refractivity contribution in [2.24, 2.45) is 5.92 Å². The van der Waals surface area contributed by atoms with E-state index in [0.29, 0.717) is 18.1 Å². The molecule has 1 saturated heterocycles. The zero-order chi connectivity index (χ0) is 22.0. The number of aliphatic hydroxyl groups excluding tert-OH is 1. The molecule has 0 saturated carbocycles. The smallest absolute Gasteiger partial charge is 0.251 e. The largest absolute Gasteiger partial charge is 0.383 e. The van der Waals surface area contributed by atoms with Crippen LogP contribution in [0.4, 0.5) is 0 Å². The molecular formula is C23H26ClN5O2. The Hall–Kier alpha value is -2.77. The fourth-order valence-corrected chi connectivity index (χ4v) is 4.15. The van der Waals surface area contributed by atoms with Gasteiger partial charge in [-0.2, -0.15) is 5.10 Å². The minimum atomic E-state index is -0.947. The number of hydrogen-bond acceptors (Lipinski definition) is 5. The van der Waals surface area contributed by atoms with Crippen LogP contribution >= 0.6 is 11.6 Å². The molecule has 0 aliphatic carbocycles. The standard InChI is InChI=1S/C23H26ClN5O2/c1-14(2)22(30)23(31)29-11-8-16(9-12-29)21-19(18-7-10-25-13-26-18)20(27-28-21)15-3-5-17(24)6-4-15/h3-7,10,13-14,16,22,30H,8-9,11-12H2,1-2H3,(H,27,28). The van der Waals surface area contributed by atoms with Gasteiger partial charge in [0.1, 0.15) is 18.1 Å². The van der Waals surface area contributed by atoms with Crippen LogP contribution in [-0.4, -0.2) is 55.3 Å². The van der Waals surface area contributed by atoms with Crippen molar-refractivity contribution in [2.45, 2.75) is 38.7 Å². The molecule has 0 radical (unpaired) electrons. The van der Waals surface area contributed by atoms with Gasteiger partial charge in [0.05, 0.1) is 5.69 Å². The molecular weight excluding hydrogens is 414 g/mol. The van der Waals surface area contributed by atoms with E-state index in [9.17, 15) is 9.90 Å². The van der Waals surface area contributed by atoms with E-state index in [-0.39, 0.29) is 17.7 Å². The summed E-state index contributed by atoms with van der Waals surface area (Å²) < 4.78 is 0. The SMILES string of the molecule is CC(C)C(O)C(=O)N1CCC(c2[nH]nc(-c3ccc(Cl)cc3)c2-c2ccncn2)CC1. The lowest BCUT2D eigenvalue weighted by Crippen LogP contribution is -2.45. The number of halogens is 1. The van der Waals surface area contributed by atoms with E-state index < -0.39 is 6.10 Å². The van der Waals surface area contributed by atoms with Crippen LogP contribution in [0.3, 0.4) is 0 Å². The van der Waals surface area contributed by atoms with Gasteiger partial charge in [0.2, 0.25) is 0 Å². The number of carbonyl (C=O) groups excluding carboxylic acids is 1. The quantitative estimate of drug-likeness (QED) is 0.628. The molecule has 7 nitrogen and oxygen atoms in total. The summed E-state index contributed by atoms with van der Waals surface area (Å²) in [7, 11) is 0. The number of rotatable bonds is 5. The summed E-state index contributed by atoms with van der Waals surface area (Å²) in [6.45, 7) is 4.91. The van der Waals surface area contributed by atoms with E-state index in [1.165, 1.54) is 6.33 Å². The topological polar surface area (TPSA) is 95.0 Å². The predicted octanol–water partition coefficient (Wildman–Crippen LogP) is 3.91. The normalized spacial score (nSPS) is 16.0. The summed E-state index contributed by atoms with van der Waals surface area (Å²) in [5, 5.41) is 18.7. The molecule has 31 heavy (non-hydrogen) atoms. The first-order valence-corrected chi connectivity index (χ1v) is 10.9. The highest BCUT2D eigenvalue weighted by molar-refractivity contribution is 6.30. The number of hydrogen-bond donors (Lipinski definition) is 2. The Bertz CT molecular complexity index is 1030. The van der Waals surface area contributed by atoms with Crippen LogP contribution in [0.5, 0.6) is 0 Å². The maximum Gasteiger partial charge on any atom is 0.251 e. The van der Waals surface area contributed by atoms with Crippen LogP contribution < -0.4 is 0 Å². The molecule has 0 bridgehead atoms. The van der Waals surface area contributed by atoms with Gasteiger partial charge in [-0.15, -0.1) is 0 Å². The third-order valence-corrected chi connectivity index (χ3v) is 6.10. The molecule has 1 aliphatic rings. The fraction of sp³-hybridized carbons (Fsp3) is 0.391. The molecule has 0 spiro atoms. The minimum absolute atomic E-state index is 0.0934. The van der Waals surface area contributed by atoms with Crippen molar-refractivity contribution < 1.29 is 9.90 Å². The zero-order valence-corrected chi connectivity index (χ0v) is 18.4. The maximum absolute atomic E-state index is 12.5. The average molecular weight is 440 g/mol. The second kappa shape index (κ2) is 9.16. The van der Waals surface area contributed by atoms with Crippen molar-refractivity contribution in [3.63, 3.8) is 0 Å². The van der Waals surface area contributed by atoms with Crippen LogP contribution in [0, 0.1) is 5.92 Å². The highest BCUT2D eigenvalue weighted by Crippen LogP contribution is 2.39. The van der Waals surface area contributed by atoms with Gasteiger partial charge in [-0.3, -0.25) is 9.89 Å². The number of aromatic nitrogens is 4. The van der Waals surface area contributed by atoms with Crippen molar-refractivity contribution in [3.05, 3.63) is 53.6 Å². The van der Waals surface area contributed by atoms with Crippen molar-refractivity contribution in [1.29, 1.82) is 0 Å². The van der Waals surface area contributed by atoms with Crippen molar-refractivity contribution >= 4 is 17.5 Å². The number of piperidine rings is 1. The van der Waals surface area contributed by atoms with Gasteiger partial charge < -0.3 is 10.0 Å². The van der Waals surface area contributed by atoms with E-state index in [2.05, 4.69) is 20.2 Å². The highest BCUT2D eigenvalue weighted by atomic mass is 35.5. The number of nitrogens with one attached hydrogen (secondary N) is 1. The van der Waals surface area contributed by atoms with E-state index >= 15 is 0 Å². The molecule has 1 aliphatic heterocycles. The number of nitrogens with zero attached hydrogens (tertiary/aromatic N) is 4. The molecule has 3 aromatic rings. The molecule has 4 rings (SSSR count). The lowest BCUT2D eigenvalue weighted by atomic mass is 9.88. The summed E-state index contributed by atoms with van der Waals surface area (Å²) in [5.41, 5.74) is 4.54. The second-order valence-corrected chi connectivity index (χ2v) is 8.69. The van der Waals surface area contributed by atoms with Gasteiger partial charge in [0.15, 0.2) is 0 Å². The van der Waals surface area contributed by atoms with Gasteiger partial charge in [-0.05, 0) is 37.0 Å². The summed E-state index contributed by atoms with van der Waals surface area (Å²) in [4.78, 5) is 22.8. The third-order valence-electron chi connectivity index (χ3n) is 5.85. The number of aromatic amines is 1. The van der Waals surface area contributed by atoms with Gasteiger partial charge in [-0.25, -0.2) is 9.97 Å². The molecule has 3 heterocycles. The highest BCUT2D eigenvalue weighted by Gasteiger charge is 2.32. The Kier molecular flexibility index (Phi) is 6.34. The summed E-state index contributed by atoms with van der Waals surface area (Å²) in [5.74, 6) is -0.0705. The Morgan fingerprint density at radius 1 is 1.19 bits per heavy atom. The fourth-order valence-electron chi connectivity index (χ4n) is 4.03. The molecule has 1 atom stereocenters. The molecule has 1 aromatic carbocycles. The van der Waals surface area contributed by atoms with E-state index in [1.807, 2.05) is 44.2 Å². The lowest BCUT2D eigenvalue weighted by Gasteiger charge is -2.33. The Morgan fingerprint density at radius 3 is 2.52 bits per heavy atom. The molecule has 2 N–H and O–H groups in total. The lowest BCUT2D eigenvalue weighted by molar-refractivity contribution is -0.143. The summed E-state index contributed by atoms with van der Waals surface area (Å²) in [6.07, 6.45) is 3.89. The third kappa shape index (κ3) is 4.48.